The summed E-state index contributed by atoms with van der Waals surface area (Å²) >= 11 is 7.62. The van der Waals surface area contributed by atoms with Crippen molar-refractivity contribution in [2.75, 3.05) is 24.2 Å². The maximum Gasteiger partial charge on any atom is 0.190 e. The molecule has 1 fully saturated rings. The molecule has 1 aromatic heterocycles. The molecule has 1 atom stereocenters. The molecule has 0 aromatic carbocycles. The highest BCUT2D eigenvalue weighted by molar-refractivity contribution is 7.98. The van der Waals surface area contributed by atoms with Crippen molar-refractivity contribution in [3.63, 3.8) is 0 Å². The summed E-state index contributed by atoms with van der Waals surface area (Å²) in [5.74, 6) is 2.59. The summed E-state index contributed by atoms with van der Waals surface area (Å²) in [6.45, 7) is 6.80. The number of nitrogens with zero attached hydrogens (tertiary/aromatic N) is 3. The highest BCUT2D eigenvalue weighted by Crippen LogP contribution is 2.28. The lowest BCUT2D eigenvalue weighted by Gasteiger charge is -2.22. The van der Waals surface area contributed by atoms with E-state index in [9.17, 15) is 0 Å². The van der Waals surface area contributed by atoms with Crippen LogP contribution in [-0.4, -0.2) is 29.3 Å². The van der Waals surface area contributed by atoms with Gasteiger partial charge >= 0.3 is 0 Å². The van der Waals surface area contributed by atoms with Crippen molar-refractivity contribution >= 4 is 29.2 Å². The smallest absolute Gasteiger partial charge is 0.190 e. The Bertz CT molecular complexity index is 425. The standard InChI is InChI=1S/C14H22ClN3S/c1-10(2)11-5-4-7-18(8-6-11)13-9-12(15)16-14(17-13)19-3/h9-11H,4-8H2,1-3H3. The molecule has 0 bridgehead atoms. The monoisotopic (exact) mass is 299 g/mol. The molecule has 0 saturated carbocycles. The third-order valence-electron chi connectivity index (χ3n) is 3.88. The number of anilines is 1. The van der Waals surface area contributed by atoms with Gasteiger partial charge in [-0.2, -0.15) is 0 Å². The molecule has 1 aliphatic heterocycles. The van der Waals surface area contributed by atoms with Crippen LogP contribution in [0.25, 0.3) is 0 Å². The molecule has 3 nitrogen and oxygen atoms in total. The molecular formula is C14H22ClN3S. The minimum atomic E-state index is 0.541. The molecule has 0 aliphatic carbocycles. The fraction of sp³-hybridized carbons (Fsp3) is 0.714. The molecule has 0 spiro atoms. The molecule has 0 N–H and O–H groups in total. The maximum absolute atomic E-state index is 6.08. The zero-order chi connectivity index (χ0) is 13.8. The second kappa shape index (κ2) is 6.80. The van der Waals surface area contributed by atoms with Gasteiger partial charge in [0.25, 0.3) is 0 Å². The van der Waals surface area contributed by atoms with E-state index in [1.54, 1.807) is 0 Å². The van der Waals surface area contributed by atoms with E-state index in [0.29, 0.717) is 5.15 Å². The molecule has 106 valence electrons. The highest BCUT2D eigenvalue weighted by Gasteiger charge is 2.20. The van der Waals surface area contributed by atoms with Crippen LogP contribution in [0.1, 0.15) is 33.1 Å². The summed E-state index contributed by atoms with van der Waals surface area (Å²) in [7, 11) is 0. The van der Waals surface area contributed by atoms with Crippen LogP contribution < -0.4 is 4.90 Å². The molecule has 2 heterocycles. The number of aromatic nitrogens is 2. The normalized spacial score (nSPS) is 20.7. The summed E-state index contributed by atoms with van der Waals surface area (Å²) in [6.07, 6.45) is 5.78. The van der Waals surface area contributed by atoms with Gasteiger partial charge in [0.05, 0.1) is 0 Å². The molecular weight excluding hydrogens is 278 g/mol. The molecule has 1 saturated heterocycles. The lowest BCUT2D eigenvalue weighted by atomic mass is 9.89. The van der Waals surface area contributed by atoms with Crippen LogP contribution in [0.3, 0.4) is 0 Å². The lowest BCUT2D eigenvalue weighted by molar-refractivity contribution is 0.351. The van der Waals surface area contributed by atoms with E-state index in [4.69, 9.17) is 11.6 Å². The summed E-state index contributed by atoms with van der Waals surface area (Å²) < 4.78 is 0. The van der Waals surface area contributed by atoms with E-state index in [1.807, 2.05) is 12.3 Å². The Labute approximate surface area is 125 Å². The van der Waals surface area contributed by atoms with Crippen LogP contribution in [-0.2, 0) is 0 Å². The number of rotatable bonds is 3. The van der Waals surface area contributed by atoms with E-state index in [-0.39, 0.29) is 0 Å². The number of thioether (sulfide) groups is 1. The molecule has 2 rings (SSSR count). The number of hydrogen-bond acceptors (Lipinski definition) is 4. The molecule has 0 amide bonds. The first-order valence-electron chi connectivity index (χ1n) is 6.93. The first-order chi connectivity index (χ1) is 9.10. The summed E-state index contributed by atoms with van der Waals surface area (Å²) in [4.78, 5) is 11.1. The van der Waals surface area contributed by atoms with E-state index in [0.717, 1.165) is 35.9 Å². The van der Waals surface area contributed by atoms with E-state index in [1.165, 1.54) is 31.0 Å². The maximum atomic E-state index is 6.08. The summed E-state index contributed by atoms with van der Waals surface area (Å²) in [5, 5.41) is 1.30. The second-order valence-corrected chi connectivity index (χ2v) is 6.62. The topological polar surface area (TPSA) is 29.0 Å². The fourth-order valence-electron chi connectivity index (χ4n) is 2.66. The molecule has 19 heavy (non-hydrogen) atoms. The van der Waals surface area contributed by atoms with Crippen molar-refractivity contribution in [2.45, 2.75) is 38.3 Å². The Balaban J connectivity index is 2.11. The van der Waals surface area contributed by atoms with Gasteiger partial charge in [0.1, 0.15) is 11.0 Å². The van der Waals surface area contributed by atoms with Gasteiger partial charge in [0.15, 0.2) is 5.16 Å². The van der Waals surface area contributed by atoms with Crippen LogP contribution in [0.5, 0.6) is 0 Å². The van der Waals surface area contributed by atoms with Gasteiger partial charge < -0.3 is 4.90 Å². The third-order valence-corrected chi connectivity index (χ3v) is 4.62. The van der Waals surface area contributed by atoms with Crippen molar-refractivity contribution in [3.05, 3.63) is 11.2 Å². The fourth-order valence-corrected chi connectivity index (χ4v) is 3.26. The SMILES string of the molecule is CSc1nc(Cl)cc(N2CCCC(C(C)C)CC2)n1. The highest BCUT2D eigenvalue weighted by atomic mass is 35.5. The second-order valence-electron chi connectivity index (χ2n) is 5.46. The van der Waals surface area contributed by atoms with Gasteiger partial charge in [0.2, 0.25) is 0 Å². The van der Waals surface area contributed by atoms with Crippen LogP contribution >= 0.6 is 23.4 Å². The number of halogens is 1. The van der Waals surface area contributed by atoms with E-state index >= 15 is 0 Å². The van der Waals surface area contributed by atoms with Crippen molar-refractivity contribution in [2.24, 2.45) is 11.8 Å². The Hall–Kier alpha value is -0.480. The van der Waals surface area contributed by atoms with Crippen LogP contribution in [0.4, 0.5) is 5.82 Å². The zero-order valence-electron chi connectivity index (χ0n) is 11.9. The Morgan fingerprint density at radius 2 is 2.11 bits per heavy atom. The van der Waals surface area contributed by atoms with Gasteiger partial charge in [-0.05, 0) is 37.4 Å². The van der Waals surface area contributed by atoms with Crippen LogP contribution in [0.15, 0.2) is 11.2 Å². The van der Waals surface area contributed by atoms with Crippen LogP contribution in [0.2, 0.25) is 5.15 Å². The van der Waals surface area contributed by atoms with Crippen molar-refractivity contribution < 1.29 is 0 Å². The number of hydrogen-bond donors (Lipinski definition) is 0. The van der Waals surface area contributed by atoms with Gasteiger partial charge in [-0.25, -0.2) is 9.97 Å². The van der Waals surface area contributed by atoms with Gasteiger partial charge in [-0.1, -0.05) is 37.2 Å². The van der Waals surface area contributed by atoms with Crippen molar-refractivity contribution in [3.8, 4) is 0 Å². The van der Waals surface area contributed by atoms with Crippen molar-refractivity contribution in [1.82, 2.24) is 9.97 Å². The van der Waals surface area contributed by atoms with E-state index in [2.05, 4.69) is 28.7 Å². The quantitative estimate of drug-likeness (QED) is 0.477. The Kier molecular flexibility index (Phi) is 5.34. The molecule has 1 aromatic rings. The minimum absolute atomic E-state index is 0.541. The predicted octanol–water partition coefficient (Wildman–Crippen LogP) is 4.11. The zero-order valence-corrected chi connectivity index (χ0v) is 13.5. The summed E-state index contributed by atoms with van der Waals surface area (Å²) in [5.41, 5.74) is 0. The van der Waals surface area contributed by atoms with Gasteiger partial charge in [0, 0.05) is 19.2 Å². The first kappa shape index (κ1) is 14.9. The molecule has 1 aliphatic rings. The minimum Gasteiger partial charge on any atom is -0.356 e. The van der Waals surface area contributed by atoms with Gasteiger partial charge in [-0.15, -0.1) is 0 Å². The van der Waals surface area contributed by atoms with Crippen LogP contribution in [0, 0.1) is 11.8 Å². The Morgan fingerprint density at radius 3 is 2.79 bits per heavy atom. The largest absolute Gasteiger partial charge is 0.356 e. The average Bonchev–Trinajstić information content (AvgIpc) is 2.63. The third kappa shape index (κ3) is 3.99. The Morgan fingerprint density at radius 1 is 1.32 bits per heavy atom. The van der Waals surface area contributed by atoms with Crippen molar-refractivity contribution in [1.29, 1.82) is 0 Å². The summed E-state index contributed by atoms with van der Waals surface area (Å²) in [6, 6.07) is 1.89. The first-order valence-corrected chi connectivity index (χ1v) is 8.54. The van der Waals surface area contributed by atoms with E-state index < -0.39 is 0 Å². The average molecular weight is 300 g/mol. The molecule has 1 unspecified atom stereocenters. The molecule has 5 heteroatoms. The molecule has 0 radical (unpaired) electrons. The lowest BCUT2D eigenvalue weighted by Crippen LogP contribution is -2.25. The van der Waals surface area contributed by atoms with Gasteiger partial charge in [-0.3, -0.25) is 0 Å². The predicted molar refractivity (Wildman–Crippen MR) is 83.2 cm³/mol.